The van der Waals surface area contributed by atoms with Gasteiger partial charge in [0.2, 0.25) is 17.7 Å². The smallest absolute Gasteiger partial charge is 0.254 e. The molecule has 1 aliphatic rings. The summed E-state index contributed by atoms with van der Waals surface area (Å²) in [5.74, 6) is 0.300. The minimum Gasteiger partial charge on any atom is -0.481 e. The van der Waals surface area contributed by atoms with E-state index < -0.39 is 12.2 Å². The number of nitrogens with one attached hydrogen (secondary N) is 2. The Morgan fingerprint density at radius 2 is 2.00 bits per heavy atom. The van der Waals surface area contributed by atoms with Gasteiger partial charge < -0.3 is 20.3 Å². The second-order valence-electron chi connectivity index (χ2n) is 6.38. The molecule has 1 aromatic heterocycles. The highest BCUT2D eigenvalue weighted by Gasteiger charge is 2.36. The Balaban J connectivity index is 1.63. The number of alkyl halides is 1. The SMILES string of the molecule is CCC(=O)N[C@@H]1CN(C(=O)c2ccc(Nc3nccc(OC)n3)cc2)C[C@@H]1F. The summed E-state index contributed by atoms with van der Waals surface area (Å²) in [5, 5.41) is 5.64. The number of carbonyl (C=O) groups excluding carboxylic acids is 2. The molecule has 1 aliphatic heterocycles. The Hall–Kier alpha value is -3.23. The van der Waals surface area contributed by atoms with E-state index in [1.165, 1.54) is 12.0 Å². The highest BCUT2D eigenvalue weighted by molar-refractivity contribution is 5.95. The zero-order valence-corrected chi connectivity index (χ0v) is 15.7. The number of nitrogens with zero attached hydrogens (tertiary/aromatic N) is 3. The number of halogens is 1. The summed E-state index contributed by atoms with van der Waals surface area (Å²) in [7, 11) is 1.52. The number of likely N-dealkylation sites (tertiary alicyclic amines) is 1. The number of carbonyl (C=O) groups is 2. The third-order valence-electron chi connectivity index (χ3n) is 4.43. The fourth-order valence-corrected chi connectivity index (χ4v) is 2.90. The standard InChI is InChI=1S/C19H22FN5O3/c1-3-16(26)23-15-11-25(10-14(15)20)18(27)12-4-6-13(7-5-12)22-19-21-9-8-17(24-19)28-2/h4-9,14-15H,3,10-11H2,1-2H3,(H,23,26)(H,21,22,24)/t14-,15+/m0/s1. The van der Waals surface area contributed by atoms with Crippen molar-refractivity contribution in [3.05, 3.63) is 42.1 Å². The van der Waals surface area contributed by atoms with E-state index >= 15 is 0 Å². The summed E-state index contributed by atoms with van der Waals surface area (Å²) in [6.45, 7) is 1.82. The molecule has 0 radical (unpaired) electrons. The molecule has 1 saturated heterocycles. The van der Waals surface area contributed by atoms with E-state index in [1.54, 1.807) is 43.5 Å². The van der Waals surface area contributed by atoms with Crippen molar-refractivity contribution in [2.75, 3.05) is 25.5 Å². The molecule has 9 heteroatoms. The molecule has 1 aromatic carbocycles. The van der Waals surface area contributed by atoms with Gasteiger partial charge in [-0.2, -0.15) is 4.98 Å². The van der Waals surface area contributed by atoms with Gasteiger partial charge in [-0.1, -0.05) is 6.92 Å². The van der Waals surface area contributed by atoms with Crippen LogP contribution in [0.2, 0.25) is 0 Å². The Bertz CT molecular complexity index is 846. The van der Waals surface area contributed by atoms with E-state index in [0.29, 0.717) is 23.1 Å². The third-order valence-corrected chi connectivity index (χ3v) is 4.43. The first-order valence-corrected chi connectivity index (χ1v) is 8.97. The molecule has 28 heavy (non-hydrogen) atoms. The van der Waals surface area contributed by atoms with Crippen molar-refractivity contribution in [3.8, 4) is 5.88 Å². The number of methoxy groups -OCH3 is 1. The number of anilines is 2. The number of benzene rings is 1. The molecule has 8 nitrogen and oxygen atoms in total. The monoisotopic (exact) mass is 387 g/mol. The third kappa shape index (κ3) is 4.54. The van der Waals surface area contributed by atoms with Crippen LogP contribution in [0.1, 0.15) is 23.7 Å². The Morgan fingerprint density at radius 3 is 2.68 bits per heavy atom. The average molecular weight is 387 g/mol. The topological polar surface area (TPSA) is 96.5 Å². The molecule has 3 rings (SSSR count). The van der Waals surface area contributed by atoms with E-state index in [-0.39, 0.29) is 31.3 Å². The maximum Gasteiger partial charge on any atom is 0.254 e. The molecule has 148 valence electrons. The molecule has 2 atom stereocenters. The van der Waals surface area contributed by atoms with E-state index in [9.17, 15) is 14.0 Å². The first-order chi connectivity index (χ1) is 13.5. The summed E-state index contributed by atoms with van der Waals surface area (Å²) in [5.41, 5.74) is 1.13. The van der Waals surface area contributed by atoms with Crippen molar-refractivity contribution in [2.45, 2.75) is 25.6 Å². The second kappa shape index (κ2) is 8.64. The van der Waals surface area contributed by atoms with Gasteiger partial charge in [0, 0.05) is 36.5 Å². The number of rotatable bonds is 6. The summed E-state index contributed by atoms with van der Waals surface area (Å²) in [6, 6.07) is 7.70. The lowest BCUT2D eigenvalue weighted by molar-refractivity contribution is -0.121. The van der Waals surface area contributed by atoms with Gasteiger partial charge in [-0.15, -0.1) is 0 Å². The van der Waals surface area contributed by atoms with Gasteiger partial charge in [0.05, 0.1) is 19.7 Å². The van der Waals surface area contributed by atoms with E-state index in [4.69, 9.17) is 4.74 Å². The van der Waals surface area contributed by atoms with Crippen LogP contribution >= 0.6 is 0 Å². The summed E-state index contributed by atoms with van der Waals surface area (Å²) in [6.07, 6.45) is 0.578. The highest BCUT2D eigenvalue weighted by Crippen LogP contribution is 2.20. The molecule has 2 amide bonds. The Labute approximate surface area is 162 Å². The van der Waals surface area contributed by atoms with Crippen LogP contribution in [0.3, 0.4) is 0 Å². The molecule has 0 unspecified atom stereocenters. The van der Waals surface area contributed by atoms with E-state index in [0.717, 1.165) is 0 Å². The van der Waals surface area contributed by atoms with Crippen molar-refractivity contribution in [1.82, 2.24) is 20.2 Å². The number of ether oxygens (including phenoxy) is 1. The van der Waals surface area contributed by atoms with Gasteiger partial charge in [0.25, 0.3) is 5.91 Å². The van der Waals surface area contributed by atoms with Gasteiger partial charge in [-0.25, -0.2) is 9.37 Å². The van der Waals surface area contributed by atoms with Crippen LogP contribution in [0.4, 0.5) is 16.0 Å². The van der Waals surface area contributed by atoms with Crippen molar-refractivity contribution in [1.29, 1.82) is 0 Å². The lowest BCUT2D eigenvalue weighted by Gasteiger charge is -2.17. The summed E-state index contributed by atoms with van der Waals surface area (Å²) < 4.78 is 19.2. The van der Waals surface area contributed by atoms with Crippen LogP contribution in [0.15, 0.2) is 36.5 Å². The number of aromatic nitrogens is 2. The van der Waals surface area contributed by atoms with Gasteiger partial charge in [-0.05, 0) is 24.3 Å². The molecule has 1 fully saturated rings. The first kappa shape index (κ1) is 19.5. The molecule has 2 heterocycles. The van der Waals surface area contributed by atoms with Crippen molar-refractivity contribution < 1.29 is 18.7 Å². The molecule has 0 bridgehead atoms. The number of hydrogen-bond donors (Lipinski definition) is 2. The van der Waals surface area contributed by atoms with Crippen LogP contribution < -0.4 is 15.4 Å². The minimum absolute atomic E-state index is 0.0366. The molecular weight excluding hydrogens is 365 g/mol. The number of amides is 2. The van der Waals surface area contributed by atoms with Crippen LogP contribution in [0, 0.1) is 0 Å². The Kier molecular flexibility index (Phi) is 6.03. The maximum absolute atomic E-state index is 14.1. The highest BCUT2D eigenvalue weighted by atomic mass is 19.1. The molecule has 0 saturated carbocycles. The zero-order chi connectivity index (χ0) is 20.1. The largest absolute Gasteiger partial charge is 0.481 e. The molecular formula is C19H22FN5O3. The fourth-order valence-electron chi connectivity index (χ4n) is 2.90. The van der Waals surface area contributed by atoms with E-state index in [1.807, 2.05) is 0 Å². The van der Waals surface area contributed by atoms with Crippen LogP contribution in [-0.4, -0.2) is 59.1 Å². The normalized spacial score (nSPS) is 18.6. The summed E-state index contributed by atoms with van der Waals surface area (Å²) >= 11 is 0. The van der Waals surface area contributed by atoms with Crippen molar-refractivity contribution in [2.24, 2.45) is 0 Å². The lowest BCUT2D eigenvalue weighted by atomic mass is 10.2. The van der Waals surface area contributed by atoms with Gasteiger partial charge in [0.1, 0.15) is 6.17 Å². The maximum atomic E-state index is 14.1. The second-order valence-corrected chi connectivity index (χ2v) is 6.38. The number of hydrogen-bond acceptors (Lipinski definition) is 6. The predicted octanol–water partition coefficient (Wildman–Crippen LogP) is 1.92. The van der Waals surface area contributed by atoms with E-state index in [2.05, 4.69) is 20.6 Å². The average Bonchev–Trinajstić information content (AvgIpc) is 3.08. The fraction of sp³-hybridized carbons (Fsp3) is 0.368. The predicted molar refractivity (Wildman–Crippen MR) is 101 cm³/mol. The van der Waals surface area contributed by atoms with Crippen molar-refractivity contribution >= 4 is 23.5 Å². The quantitative estimate of drug-likeness (QED) is 0.786. The Morgan fingerprint density at radius 1 is 1.25 bits per heavy atom. The molecule has 2 N–H and O–H groups in total. The molecule has 0 aliphatic carbocycles. The lowest BCUT2D eigenvalue weighted by Crippen LogP contribution is -2.41. The van der Waals surface area contributed by atoms with Crippen LogP contribution in [0.5, 0.6) is 5.88 Å². The van der Waals surface area contributed by atoms with Gasteiger partial charge in [-0.3, -0.25) is 9.59 Å². The first-order valence-electron chi connectivity index (χ1n) is 8.97. The van der Waals surface area contributed by atoms with Crippen LogP contribution in [-0.2, 0) is 4.79 Å². The summed E-state index contributed by atoms with van der Waals surface area (Å²) in [4.78, 5) is 33.8. The van der Waals surface area contributed by atoms with Gasteiger partial charge >= 0.3 is 0 Å². The van der Waals surface area contributed by atoms with Crippen molar-refractivity contribution in [3.63, 3.8) is 0 Å². The minimum atomic E-state index is -1.27. The van der Waals surface area contributed by atoms with Gasteiger partial charge in [0.15, 0.2) is 0 Å². The molecule has 0 spiro atoms. The molecule has 2 aromatic rings. The zero-order valence-electron chi connectivity index (χ0n) is 15.7. The van der Waals surface area contributed by atoms with Crippen LogP contribution in [0.25, 0.3) is 0 Å².